The van der Waals surface area contributed by atoms with Crippen molar-refractivity contribution in [2.75, 3.05) is 24.3 Å². The summed E-state index contributed by atoms with van der Waals surface area (Å²) in [5.41, 5.74) is 1.92. The number of aryl methyl sites for hydroxylation is 1. The molecule has 1 aliphatic rings. The third-order valence-electron chi connectivity index (χ3n) is 5.11. The van der Waals surface area contributed by atoms with E-state index in [1.54, 1.807) is 24.1 Å². The molecule has 1 aromatic heterocycles. The number of urea groups is 1. The van der Waals surface area contributed by atoms with Crippen molar-refractivity contribution in [1.29, 1.82) is 0 Å². The minimum absolute atomic E-state index is 0.150. The highest BCUT2D eigenvalue weighted by molar-refractivity contribution is 7.13. The molecular formula is C22H22FN5O3S. The van der Waals surface area contributed by atoms with Gasteiger partial charge in [-0.15, -0.1) is 10.2 Å². The van der Waals surface area contributed by atoms with Gasteiger partial charge in [0.2, 0.25) is 5.01 Å². The number of benzene rings is 2. The molecule has 166 valence electrons. The molecule has 1 atom stereocenters. The van der Waals surface area contributed by atoms with Crippen LogP contribution in [0.1, 0.15) is 39.3 Å². The molecule has 0 bridgehead atoms. The van der Waals surface area contributed by atoms with Crippen LogP contribution in [0.15, 0.2) is 42.5 Å². The predicted molar refractivity (Wildman–Crippen MR) is 120 cm³/mol. The lowest BCUT2D eigenvalue weighted by Gasteiger charge is -2.23. The van der Waals surface area contributed by atoms with Gasteiger partial charge in [0.15, 0.2) is 0 Å². The smallest absolute Gasteiger partial charge is 0.322 e. The minimum Gasteiger partial charge on any atom is -0.495 e. The molecule has 32 heavy (non-hydrogen) atoms. The molecule has 1 fully saturated rings. The average Bonchev–Trinajstić information content (AvgIpc) is 3.43. The molecule has 2 aromatic carbocycles. The Kier molecular flexibility index (Phi) is 6.31. The zero-order valence-electron chi connectivity index (χ0n) is 17.6. The molecule has 0 spiro atoms. The fraction of sp³-hybridized carbons (Fsp3) is 0.273. The topological polar surface area (TPSA) is 96.4 Å². The molecule has 1 saturated heterocycles. The molecule has 0 radical (unpaired) electrons. The van der Waals surface area contributed by atoms with Gasteiger partial charge in [-0.25, -0.2) is 9.18 Å². The number of nitrogens with zero attached hydrogens (tertiary/aromatic N) is 3. The molecule has 3 aromatic rings. The lowest BCUT2D eigenvalue weighted by Crippen LogP contribution is -2.34. The van der Waals surface area contributed by atoms with Gasteiger partial charge >= 0.3 is 6.03 Å². The standard InChI is InChI=1S/C22H22FN5O3S/c1-13-8-9-18(31-2)16(11-13)25-22(30)28-10-4-7-17(28)20-26-27-21(32-20)19(29)24-15-6-3-5-14(23)12-15/h3,5-6,8-9,11-12,17H,4,7,10H2,1-2H3,(H,24,29)(H,25,30)/t17-/m1/s1. The van der Waals surface area contributed by atoms with E-state index >= 15 is 0 Å². The van der Waals surface area contributed by atoms with Gasteiger partial charge in [0.25, 0.3) is 5.91 Å². The summed E-state index contributed by atoms with van der Waals surface area (Å²) in [5.74, 6) is -0.344. The Bertz CT molecular complexity index is 1150. The number of carbonyl (C=O) groups is 2. The highest BCUT2D eigenvalue weighted by Crippen LogP contribution is 2.35. The Balaban J connectivity index is 1.47. The van der Waals surface area contributed by atoms with Gasteiger partial charge in [0.05, 0.1) is 18.8 Å². The first kappa shape index (κ1) is 21.7. The number of aromatic nitrogens is 2. The Morgan fingerprint density at radius 3 is 2.81 bits per heavy atom. The van der Waals surface area contributed by atoms with Crippen LogP contribution in [0.2, 0.25) is 0 Å². The molecule has 10 heteroatoms. The third-order valence-corrected chi connectivity index (χ3v) is 6.14. The maximum Gasteiger partial charge on any atom is 0.322 e. The summed E-state index contributed by atoms with van der Waals surface area (Å²) in [4.78, 5) is 27.2. The first-order chi connectivity index (χ1) is 15.4. The Labute approximate surface area is 188 Å². The van der Waals surface area contributed by atoms with Crippen molar-refractivity contribution in [3.8, 4) is 5.75 Å². The maximum atomic E-state index is 13.3. The van der Waals surface area contributed by atoms with E-state index in [2.05, 4.69) is 20.8 Å². The second kappa shape index (κ2) is 9.31. The summed E-state index contributed by atoms with van der Waals surface area (Å²) in [6, 6.07) is 10.6. The first-order valence-electron chi connectivity index (χ1n) is 10.1. The number of carbonyl (C=O) groups excluding carboxylic acids is 2. The highest BCUT2D eigenvalue weighted by Gasteiger charge is 2.33. The van der Waals surface area contributed by atoms with E-state index in [1.165, 1.54) is 18.2 Å². The molecule has 0 saturated carbocycles. The summed E-state index contributed by atoms with van der Waals surface area (Å²) < 4.78 is 18.7. The van der Waals surface area contributed by atoms with E-state index < -0.39 is 11.7 Å². The van der Waals surface area contributed by atoms with Gasteiger partial charge in [0.1, 0.15) is 16.6 Å². The first-order valence-corrected chi connectivity index (χ1v) is 10.9. The van der Waals surface area contributed by atoms with Crippen molar-refractivity contribution in [2.24, 2.45) is 0 Å². The molecule has 1 aliphatic heterocycles. The van der Waals surface area contributed by atoms with Gasteiger partial charge in [-0.05, 0) is 55.7 Å². The van der Waals surface area contributed by atoms with Gasteiger partial charge in [-0.1, -0.05) is 23.5 Å². The molecular weight excluding hydrogens is 433 g/mol. The number of anilines is 2. The summed E-state index contributed by atoms with van der Waals surface area (Å²) in [7, 11) is 1.55. The number of likely N-dealkylation sites (tertiary alicyclic amines) is 1. The molecule has 8 nitrogen and oxygen atoms in total. The van der Waals surface area contributed by atoms with Crippen molar-refractivity contribution in [3.63, 3.8) is 0 Å². The highest BCUT2D eigenvalue weighted by atomic mass is 32.1. The molecule has 0 unspecified atom stereocenters. The van der Waals surface area contributed by atoms with E-state index in [9.17, 15) is 14.0 Å². The molecule has 3 amide bonds. The maximum absolute atomic E-state index is 13.3. The van der Waals surface area contributed by atoms with Crippen LogP contribution in [0.5, 0.6) is 5.75 Å². The van der Waals surface area contributed by atoms with Crippen LogP contribution in [0, 0.1) is 12.7 Å². The van der Waals surface area contributed by atoms with E-state index in [0.29, 0.717) is 28.7 Å². The SMILES string of the molecule is COc1ccc(C)cc1NC(=O)N1CCC[C@@H]1c1nnc(C(=O)Nc2cccc(F)c2)s1. The second-order valence-electron chi connectivity index (χ2n) is 7.40. The predicted octanol–water partition coefficient (Wildman–Crippen LogP) is 4.62. The monoisotopic (exact) mass is 455 g/mol. The van der Waals surface area contributed by atoms with Crippen molar-refractivity contribution in [3.05, 3.63) is 63.9 Å². The lowest BCUT2D eigenvalue weighted by molar-refractivity contribution is 0.102. The molecule has 4 rings (SSSR count). The van der Waals surface area contributed by atoms with E-state index in [4.69, 9.17) is 4.74 Å². The number of rotatable bonds is 5. The van der Waals surface area contributed by atoms with Gasteiger partial charge in [-0.2, -0.15) is 0 Å². The van der Waals surface area contributed by atoms with Crippen molar-refractivity contribution in [1.82, 2.24) is 15.1 Å². The zero-order valence-corrected chi connectivity index (χ0v) is 18.4. The van der Waals surface area contributed by atoms with Crippen LogP contribution in [0.25, 0.3) is 0 Å². The number of halogens is 1. The normalized spacial score (nSPS) is 15.5. The van der Waals surface area contributed by atoms with Crippen LogP contribution in [0.4, 0.5) is 20.6 Å². The summed E-state index contributed by atoms with van der Waals surface area (Å²) in [5, 5.41) is 14.4. The van der Waals surface area contributed by atoms with E-state index in [1.807, 2.05) is 19.1 Å². The fourth-order valence-electron chi connectivity index (χ4n) is 3.58. The van der Waals surface area contributed by atoms with Crippen LogP contribution in [-0.2, 0) is 0 Å². The summed E-state index contributed by atoms with van der Waals surface area (Å²) in [6.07, 6.45) is 1.53. The van der Waals surface area contributed by atoms with Crippen molar-refractivity contribution < 1.29 is 18.7 Å². The van der Waals surface area contributed by atoms with Crippen LogP contribution >= 0.6 is 11.3 Å². The number of hydrogen-bond acceptors (Lipinski definition) is 6. The number of nitrogens with one attached hydrogen (secondary N) is 2. The van der Waals surface area contributed by atoms with Crippen molar-refractivity contribution in [2.45, 2.75) is 25.8 Å². The van der Waals surface area contributed by atoms with Gasteiger partial charge < -0.3 is 20.3 Å². The molecule has 2 N–H and O–H groups in total. The zero-order chi connectivity index (χ0) is 22.7. The molecule has 2 heterocycles. The Morgan fingerprint density at radius 2 is 2.03 bits per heavy atom. The third kappa shape index (κ3) is 4.70. The van der Waals surface area contributed by atoms with Crippen LogP contribution in [-0.4, -0.2) is 40.7 Å². The second-order valence-corrected chi connectivity index (χ2v) is 8.40. The fourth-order valence-corrected chi connectivity index (χ4v) is 4.47. The number of ether oxygens (including phenoxy) is 1. The van der Waals surface area contributed by atoms with Gasteiger partial charge in [0, 0.05) is 12.2 Å². The van der Waals surface area contributed by atoms with E-state index in [-0.39, 0.29) is 17.1 Å². The minimum atomic E-state index is -0.474. The summed E-state index contributed by atoms with van der Waals surface area (Å²) in [6.45, 7) is 2.50. The lowest BCUT2D eigenvalue weighted by atomic mass is 10.2. The summed E-state index contributed by atoms with van der Waals surface area (Å²) >= 11 is 1.12. The quantitative estimate of drug-likeness (QED) is 0.585. The Morgan fingerprint density at radius 1 is 1.19 bits per heavy atom. The number of amides is 3. The van der Waals surface area contributed by atoms with E-state index in [0.717, 1.165) is 29.7 Å². The van der Waals surface area contributed by atoms with Crippen LogP contribution in [0.3, 0.4) is 0 Å². The van der Waals surface area contributed by atoms with Crippen LogP contribution < -0.4 is 15.4 Å². The number of hydrogen-bond donors (Lipinski definition) is 2. The molecule has 0 aliphatic carbocycles. The average molecular weight is 456 g/mol. The number of methoxy groups -OCH3 is 1. The van der Waals surface area contributed by atoms with Crippen molar-refractivity contribution >= 4 is 34.6 Å². The van der Waals surface area contributed by atoms with Gasteiger partial charge in [-0.3, -0.25) is 4.79 Å². The Hall–Kier alpha value is -3.53. The largest absolute Gasteiger partial charge is 0.495 e.